The van der Waals surface area contributed by atoms with Crippen molar-refractivity contribution >= 4 is 11.5 Å². The van der Waals surface area contributed by atoms with Crippen LogP contribution in [0, 0.1) is 6.92 Å². The third-order valence-corrected chi connectivity index (χ3v) is 3.91. The van der Waals surface area contributed by atoms with Gasteiger partial charge in [-0.2, -0.15) is 0 Å². The van der Waals surface area contributed by atoms with E-state index in [-0.39, 0.29) is 0 Å². The molecule has 0 saturated heterocycles. The number of methoxy groups -OCH3 is 1. The van der Waals surface area contributed by atoms with Crippen LogP contribution in [0.1, 0.15) is 41.1 Å². The first-order chi connectivity index (χ1) is 9.17. The fraction of sp³-hybridized carbons (Fsp3) is 0.429. The van der Waals surface area contributed by atoms with E-state index in [1.54, 1.807) is 7.11 Å². The fourth-order valence-corrected chi connectivity index (χ4v) is 2.76. The molecule has 1 heterocycles. The highest BCUT2D eigenvalue weighted by molar-refractivity contribution is 7.05. The molecule has 1 atom stereocenters. The van der Waals surface area contributed by atoms with Crippen LogP contribution < -0.4 is 4.74 Å². The van der Waals surface area contributed by atoms with Crippen molar-refractivity contribution in [1.29, 1.82) is 0 Å². The summed E-state index contributed by atoms with van der Waals surface area (Å²) in [7, 11) is 1.64. The molecule has 102 valence electrons. The van der Waals surface area contributed by atoms with Gasteiger partial charge in [-0.15, -0.1) is 5.10 Å². The van der Waals surface area contributed by atoms with Crippen LogP contribution in [0.15, 0.2) is 18.2 Å². The number of nitrogens with zero attached hydrogens (tertiary/aromatic N) is 2. The third kappa shape index (κ3) is 2.93. The number of hydrogen-bond donors (Lipinski definition) is 1. The van der Waals surface area contributed by atoms with Gasteiger partial charge in [0.15, 0.2) is 0 Å². The molecule has 0 spiro atoms. The molecule has 19 heavy (non-hydrogen) atoms. The molecule has 1 aromatic heterocycles. The largest absolute Gasteiger partial charge is 0.497 e. The molecule has 0 aliphatic rings. The summed E-state index contributed by atoms with van der Waals surface area (Å²) in [5.74, 6) is 0.796. The Morgan fingerprint density at radius 3 is 2.84 bits per heavy atom. The van der Waals surface area contributed by atoms with Crippen LogP contribution in [0.4, 0.5) is 0 Å². The van der Waals surface area contributed by atoms with Gasteiger partial charge in [0.05, 0.1) is 17.7 Å². The average molecular weight is 278 g/mol. The fourth-order valence-electron chi connectivity index (χ4n) is 2.06. The van der Waals surface area contributed by atoms with Gasteiger partial charge in [-0.3, -0.25) is 0 Å². The Bertz CT molecular complexity index is 554. The second kappa shape index (κ2) is 6.12. The molecule has 0 bridgehead atoms. The molecule has 0 fully saturated rings. The number of rotatable bonds is 5. The Morgan fingerprint density at radius 1 is 1.42 bits per heavy atom. The van der Waals surface area contributed by atoms with Gasteiger partial charge in [-0.05, 0) is 48.1 Å². The van der Waals surface area contributed by atoms with Crippen LogP contribution in [0.5, 0.6) is 5.75 Å². The molecule has 0 radical (unpaired) electrons. The maximum Gasteiger partial charge on any atom is 0.119 e. The Morgan fingerprint density at radius 2 is 2.21 bits per heavy atom. The van der Waals surface area contributed by atoms with E-state index in [0.29, 0.717) is 0 Å². The van der Waals surface area contributed by atoms with Crippen molar-refractivity contribution in [3.05, 3.63) is 39.9 Å². The Labute approximate surface area is 117 Å². The standard InChI is InChI=1S/C14H18N2O2S/c1-4-5-12-14(19-16-15-12)13(17)11-7-6-10(18-3)8-9(11)2/h6-8,13,17H,4-5H2,1-3H3. The molecule has 4 nitrogen and oxygen atoms in total. The summed E-state index contributed by atoms with van der Waals surface area (Å²) in [6, 6.07) is 5.68. The number of ether oxygens (including phenoxy) is 1. The predicted octanol–water partition coefficient (Wildman–Crippen LogP) is 2.89. The van der Waals surface area contributed by atoms with Crippen molar-refractivity contribution in [3.8, 4) is 5.75 Å². The van der Waals surface area contributed by atoms with Crippen molar-refractivity contribution in [1.82, 2.24) is 9.59 Å². The summed E-state index contributed by atoms with van der Waals surface area (Å²) in [5, 5.41) is 14.6. The second-order valence-electron chi connectivity index (χ2n) is 4.46. The molecule has 0 aliphatic heterocycles. The highest BCUT2D eigenvalue weighted by Gasteiger charge is 2.20. The molecule has 5 heteroatoms. The molecule has 1 N–H and O–H groups in total. The lowest BCUT2D eigenvalue weighted by atomic mass is 10.0. The Kier molecular flexibility index (Phi) is 4.50. The highest BCUT2D eigenvalue weighted by Crippen LogP contribution is 2.31. The highest BCUT2D eigenvalue weighted by atomic mass is 32.1. The van der Waals surface area contributed by atoms with E-state index in [4.69, 9.17) is 4.74 Å². The summed E-state index contributed by atoms with van der Waals surface area (Å²) in [6.45, 7) is 4.06. The smallest absolute Gasteiger partial charge is 0.119 e. The molecule has 0 saturated carbocycles. The van der Waals surface area contributed by atoms with E-state index in [1.807, 2.05) is 25.1 Å². The van der Waals surface area contributed by atoms with Gasteiger partial charge in [0.2, 0.25) is 0 Å². The number of aromatic nitrogens is 2. The van der Waals surface area contributed by atoms with Crippen molar-refractivity contribution < 1.29 is 9.84 Å². The third-order valence-electron chi connectivity index (χ3n) is 3.09. The number of aliphatic hydroxyl groups excluding tert-OH is 1. The second-order valence-corrected chi connectivity index (χ2v) is 5.24. The van der Waals surface area contributed by atoms with Gasteiger partial charge in [0, 0.05) is 0 Å². The average Bonchev–Trinajstić information content (AvgIpc) is 2.86. The predicted molar refractivity (Wildman–Crippen MR) is 75.7 cm³/mol. The lowest BCUT2D eigenvalue weighted by Gasteiger charge is -2.14. The van der Waals surface area contributed by atoms with Gasteiger partial charge in [0.25, 0.3) is 0 Å². The van der Waals surface area contributed by atoms with Crippen molar-refractivity contribution in [2.24, 2.45) is 0 Å². The van der Waals surface area contributed by atoms with Crippen LogP contribution in [0.2, 0.25) is 0 Å². The summed E-state index contributed by atoms with van der Waals surface area (Å²) >= 11 is 1.27. The van der Waals surface area contributed by atoms with Crippen LogP contribution in [0.25, 0.3) is 0 Å². The van der Waals surface area contributed by atoms with Crippen LogP contribution >= 0.6 is 11.5 Å². The van der Waals surface area contributed by atoms with Crippen LogP contribution in [0.3, 0.4) is 0 Å². The van der Waals surface area contributed by atoms with Gasteiger partial charge >= 0.3 is 0 Å². The summed E-state index contributed by atoms with van der Waals surface area (Å²) < 4.78 is 9.14. The molecular weight excluding hydrogens is 260 g/mol. The Balaban J connectivity index is 2.33. The summed E-state index contributed by atoms with van der Waals surface area (Å²) in [5.41, 5.74) is 2.78. The molecule has 2 rings (SSSR count). The van der Waals surface area contributed by atoms with Crippen LogP contribution in [-0.4, -0.2) is 21.8 Å². The topological polar surface area (TPSA) is 55.2 Å². The van der Waals surface area contributed by atoms with Crippen molar-refractivity contribution in [2.45, 2.75) is 32.8 Å². The van der Waals surface area contributed by atoms with E-state index in [2.05, 4.69) is 16.5 Å². The number of aliphatic hydroxyl groups is 1. The minimum absolute atomic E-state index is 0.660. The van der Waals surface area contributed by atoms with Gasteiger partial charge in [0.1, 0.15) is 11.9 Å². The lowest BCUT2D eigenvalue weighted by Crippen LogP contribution is -2.03. The Hall–Kier alpha value is -1.46. The first-order valence-corrected chi connectivity index (χ1v) is 7.08. The van der Waals surface area contributed by atoms with E-state index in [9.17, 15) is 5.11 Å². The number of benzene rings is 1. The zero-order chi connectivity index (χ0) is 13.8. The number of aryl methyl sites for hydroxylation is 2. The van der Waals surface area contributed by atoms with E-state index >= 15 is 0 Å². The minimum atomic E-state index is -0.660. The van der Waals surface area contributed by atoms with Gasteiger partial charge in [-0.1, -0.05) is 23.9 Å². The maximum absolute atomic E-state index is 10.5. The lowest BCUT2D eigenvalue weighted by molar-refractivity contribution is 0.222. The molecule has 0 aliphatic carbocycles. The molecule has 1 aromatic carbocycles. The van der Waals surface area contributed by atoms with E-state index < -0.39 is 6.10 Å². The van der Waals surface area contributed by atoms with Crippen molar-refractivity contribution in [3.63, 3.8) is 0 Å². The first kappa shape index (κ1) is 14.0. The van der Waals surface area contributed by atoms with E-state index in [1.165, 1.54) is 11.5 Å². The number of hydrogen-bond acceptors (Lipinski definition) is 5. The summed E-state index contributed by atoms with van der Waals surface area (Å²) in [4.78, 5) is 0.843. The zero-order valence-electron chi connectivity index (χ0n) is 11.4. The molecule has 0 amide bonds. The zero-order valence-corrected chi connectivity index (χ0v) is 12.2. The monoisotopic (exact) mass is 278 g/mol. The molecule has 2 aromatic rings. The quantitative estimate of drug-likeness (QED) is 0.913. The first-order valence-electron chi connectivity index (χ1n) is 6.31. The van der Waals surface area contributed by atoms with Crippen LogP contribution in [-0.2, 0) is 6.42 Å². The van der Waals surface area contributed by atoms with Gasteiger partial charge in [-0.25, -0.2) is 0 Å². The maximum atomic E-state index is 10.5. The normalized spacial score (nSPS) is 12.4. The molecular formula is C14H18N2O2S. The van der Waals surface area contributed by atoms with E-state index in [0.717, 1.165) is 40.3 Å². The summed E-state index contributed by atoms with van der Waals surface area (Å²) in [6.07, 6.45) is 1.18. The molecule has 1 unspecified atom stereocenters. The van der Waals surface area contributed by atoms with Crippen molar-refractivity contribution in [2.75, 3.05) is 7.11 Å². The SMILES string of the molecule is CCCc1nnsc1C(O)c1ccc(OC)cc1C. The van der Waals surface area contributed by atoms with Gasteiger partial charge < -0.3 is 9.84 Å². The minimum Gasteiger partial charge on any atom is -0.497 e.